The highest BCUT2D eigenvalue weighted by Crippen LogP contribution is 2.45. The number of carboxylic acids is 1. The number of aromatic nitrogens is 1. The van der Waals surface area contributed by atoms with Crippen LogP contribution in [0.2, 0.25) is 0 Å². The van der Waals surface area contributed by atoms with Gasteiger partial charge in [-0.05, 0) is 66.2 Å². The number of aliphatic carboxylic acids is 1. The molecule has 1 aliphatic rings. The van der Waals surface area contributed by atoms with E-state index in [1.165, 1.54) is 21.5 Å². The van der Waals surface area contributed by atoms with E-state index in [0.29, 0.717) is 0 Å². The largest absolute Gasteiger partial charge is 0.480 e. The highest BCUT2D eigenvalue weighted by atomic mass is 16.5. The van der Waals surface area contributed by atoms with Crippen LogP contribution in [0.5, 0.6) is 0 Å². The van der Waals surface area contributed by atoms with Crippen LogP contribution in [0, 0.1) is 0 Å². The average molecular weight is 627 g/mol. The highest BCUT2D eigenvalue weighted by Gasteiger charge is 2.30. The van der Waals surface area contributed by atoms with Gasteiger partial charge in [0.05, 0.1) is 5.69 Å². The number of carbonyl (C=O) groups excluding carboxylic acids is 1. The predicted molar refractivity (Wildman–Crippen MR) is 191 cm³/mol. The summed E-state index contributed by atoms with van der Waals surface area (Å²) in [4.78, 5) is 29.5. The first-order valence-corrected chi connectivity index (χ1v) is 16.2. The highest BCUT2D eigenvalue weighted by molar-refractivity contribution is 6.25. The molecule has 1 unspecified atom stereocenters. The zero-order valence-corrected chi connectivity index (χ0v) is 25.9. The SMILES string of the molecule is O=C(NC(Cc1c(-c2ccc3ccc4cccc5ccc2c3c45)[nH]c2ccccc12)C(=O)O)OCC1c2ccccc2-c2ccccc21. The molecule has 0 radical (unpaired) electrons. The number of aromatic amines is 1. The topological polar surface area (TPSA) is 91.4 Å². The summed E-state index contributed by atoms with van der Waals surface area (Å²) in [5.74, 6) is -1.25. The van der Waals surface area contributed by atoms with Crippen molar-refractivity contribution in [1.82, 2.24) is 10.3 Å². The van der Waals surface area contributed by atoms with E-state index in [0.717, 1.165) is 60.8 Å². The Morgan fingerprint density at radius 2 is 1.29 bits per heavy atom. The predicted octanol–water partition coefficient (Wildman–Crippen LogP) is 9.27. The number of amides is 1. The molecule has 232 valence electrons. The number of carboxylic acid groups (broad SMARTS) is 1. The molecule has 0 saturated carbocycles. The molecule has 3 N–H and O–H groups in total. The van der Waals surface area contributed by atoms with E-state index in [2.05, 4.69) is 89.2 Å². The first kappa shape index (κ1) is 28.1. The summed E-state index contributed by atoms with van der Waals surface area (Å²) in [6.45, 7) is 0.104. The lowest BCUT2D eigenvalue weighted by atomic mass is 9.89. The maximum Gasteiger partial charge on any atom is 0.407 e. The molecule has 6 nitrogen and oxygen atoms in total. The number of fused-ring (bicyclic) bond motifs is 4. The van der Waals surface area contributed by atoms with Crippen LogP contribution in [0.1, 0.15) is 22.6 Å². The molecule has 48 heavy (non-hydrogen) atoms. The van der Waals surface area contributed by atoms with Crippen molar-refractivity contribution in [2.75, 3.05) is 6.61 Å². The van der Waals surface area contributed by atoms with Crippen LogP contribution in [0.4, 0.5) is 4.79 Å². The van der Waals surface area contributed by atoms with Crippen molar-refractivity contribution in [3.8, 4) is 22.4 Å². The molecule has 9 rings (SSSR count). The number of hydrogen-bond acceptors (Lipinski definition) is 3. The third-order valence-corrected chi connectivity index (χ3v) is 9.95. The molecule has 0 aliphatic heterocycles. The zero-order chi connectivity index (χ0) is 32.4. The van der Waals surface area contributed by atoms with Gasteiger partial charge in [0.2, 0.25) is 0 Å². The van der Waals surface area contributed by atoms with Gasteiger partial charge in [-0.15, -0.1) is 0 Å². The van der Waals surface area contributed by atoms with Crippen LogP contribution in [-0.2, 0) is 16.0 Å². The van der Waals surface area contributed by atoms with Gasteiger partial charge in [0.1, 0.15) is 12.6 Å². The smallest absolute Gasteiger partial charge is 0.407 e. The van der Waals surface area contributed by atoms with E-state index in [4.69, 9.17) is 4.74 Å². The third-order valence-electron chi connectivity index (χ3n) is 9.95. The first-order chi connectivity index (χ1) is 23.5. The van der Waals surface area contributed by atoms with E-state index in [-0.39, 0.29) is 18.9 Å². The Kier molecular flexibility index (Phi) is 6.44. The maximum absolute atomic E-state index is 13.2. The molecule has 1 amide bonds. The lowest BCUT2D eigenvalue weighted by Crippen LogP contribution is -2.43. The second-order valence-electron chi connectivity index (χ2n) is 12.6. The Labute approximate surface area is 275 Å². The normalized spacial score (nSPS) is 13.2. The van der Waals surface area contributed by atoms with Gasteiger partial charge < -0.3 is 20.1 Å². The molecule has 7 aromatic carbocycles. The molecule has 0 fully saturated rings. The first-order valence-electron chi connectivity index (χ1n) is 16.2. The summed E-state index contributed by atoms with van der Waals surface area (Å²) < 4.78 is 5.74. The van der Waals surface area contributed by atoms with Crippen molar-refractivity contribution in [2.45, 2.75) is 18.4 Å². The Balaban J connectivity index is 1.05. The minimum Gasteiger partial charge on any atom is -0.480 e. The summed E-state index contributed by atoms with van der Waals surface area (Å²) in [5, 5.41) is 20.9. The van der Waals surface area contributed by atoms with Crippen molar-refractivity contribution >= 4 is 55.3 Å². The Morgan fingerprint density at radius 3 is 2.02 bits per heavy atom. The summed E-state index contributed by atoms with van der Waals surface area (Å²) in [5.41, 5.74) is 8.00. The molecule has 1 atom stereocenters. The number of benzene rings is 7. The number of rotatable bonds is 7. The van der Waals surface area contributed by atoms with Crippen LogP contribution < -0.4 is 5.32 Å². The summed E-state index contributed by atoms with van der Waals surface area (Å²) >= 11 is 0. The number of carbonyl (C=O) groups is 2. The molecule has 0 bridgehead atoms. The third kappa shape index (κ3) is 4.41. The lowest BCUT2D eigenvalue weighted by Gasteiger charge is -2.18. The maximum atomic E-state index is 13.2. The standard InChI is InChI=1S/C42H30N2O4/c45-41(46)37(44-42(47)48-23-35-29-12-3-1-10-27(29)28-11-2-4-13-30(28)35)22-34-31-14-5-6-15-36(31)43-40(34)33-21-19-26-17-16-24-8-7-9-25-18-20-32(33)39(26)38(24)25/h1-21,35,37,43H,22-23H2,(H,44,47)(H,45,46). The molecule has 1 aliphatic carbocycles. The van der Waals surface area contributed by atoms with E-state index >= 15 is 0 Å². The van der Waals surface area contributed by atoms with Crippen molar-refractivity contribution in [3.63, 3.8) is 0 Å². The lowest BCUT2D eigenvalue weighted by molar-refractivity contribution is -0.139. The minimum atomic E-state index is -1.21. The van der Waals surface area contributed by atoms with Gasteiger partial charge >= 0.3 is 12.1 Å². The number of alkyl carbamates (subject to hydrolysis) is 1. The molecular formula is C42H30N2O4. The molecular weight excluding hydrogens is 596 g/mol. The molecule has 0 saturated heterocycles. The Morgan fingerprint density at radius 1 is 0.667 bits per heavy atom. The number of ether oxygens (including phenoxy) is 1. The number of H-pyrrole nitrogens is 1. The summed E-state index contributed by atoms with van der Waals surface area (Å²) in [6.07, 6.45) is -0.686. The number of para-hydroxylation sites is 1. The van der Waals surface area contributed by atoms with Gasteiger partial charge in [-0.1, -0.05) is 121 Å². The molecule has 8 aromatic rings. The number of hydrogen-bond donors (Lipinski definition) is 3. The van der Waals surface area contributed by atoms with E-state index in [1.807, 2.05) is 48.5 Å². The van der Waals surface area contributed by atoms with Crippen LogP contribution >= 0.6 is 0 Å². The van der Waals surface area contributed by atoms with Crippen molar-refractivity contribution in [2.24, 2.45) is 0 Å². The second kappa shape index (κ2) is 11.0. The van der Waals surface area contributed by atoms with Gasteiger partial charge in [-0.3, -0.25) is 0 Å². The average Bonchev–Trinajstić information content (AvgIpc) is 3.64. The van der Waals surface area contributed by atoms with Gasteiger partial charge in [-0.2, -0.15) is 0 Å². The van der Waals surface area contributed by atoms with Gasteiger partial charge in [0.25, 0.3) is 0 Å². The van der Waals surface area contributed by atoms with Crippen molar-refractivity contribution in [3.05, 3.63) is 144 Å². The van der Waals surface area contributed by atoms with Crippen LogP contribution in [-0.4, -0.2) is 34.8 Å². The quantitative estimate of drug-likeness (QED) is 0.154. The summed E-state index contributed by atoms with van der Waals surface area (Å²) in [6, 6.07) is 42.1. The zero-order valence-electron chi connectivity index (χ0n) is 25.9. The minimum absolute atomic E-state index is 0.0703. The van der Waals surface area contributed by atoms with Crippen LogP contribution in [0.15, 0.2) is 127 Å². The van der Waals surface area contributed by atoms with Crippen molar-refractivity contribution < 1.29 is 19.4 Å². The molecule has 6 heteroatoms. The Hall–Kier alpha value is -6.14. The van der Waals surface area contributed by atoms with E-state index in [9.17, 15) is 14.7 Å². The van der Waals surface area contributed by atoms with Crippen molar-refractivity contribution in [1.29, 1.82) is 0 Å². The molecule has 0 spiro atoms. The van der Waals surface area contributed by atoms with Crippen LogP contribution in [0.25, 0.3) is 65.6 Å². The van der Waals surface area contributed by atoms with Gasteiger partial charge in [-0.25, -0.2) is 9.59 Å². The monoisotopic (exact) mass is 626 g/mol. The summed E-state index contributed by atoms with van der Waals surface area (Å²) in [7, 11) is 0. The van der Waals surface area contributed by atoms with Gasteiger partial charge in [0, 0.05) is 28.8 Å². The number of nitrogens with one attached hydrogen (secondary N) is 2. The van der Waals surface area contributed by atoms with E-state index in [1.54, 1.807) is 0 Å². The Bertz CT molecular complexity index is 2490. The molecule has 1 heterocycles. The van der Waals surface area contributed by atoms with Crippen LogP contribution in [0.3, 0.4) is 0 Å². The molecule has 1 aromatic heterocycles. The fraction of sp³-hybridized carbons (Fsp3) is 0.0952. The second-order valence-corrected chi connectivity index (χ2v) is 12.6. The van der Waals surface area contributed by atoms with E-state index < -0.39 is 18.1 Å². The van der Waals surface area contributed by atoms with Gasteiger partial charge in [0.15, 0.2) is 0 Å². The fourth-order valence-electron chi connectivity index (χ4n) is 7.78. The fourth-order valence-corrected chi connectivity index (χ4v) is 7.78.